The summed E-state index contributed by atoms with van der Waals surface area (Å²) in [5.41, 5.74) is 7.69. The van der Waals surface area contributed by atoms with Gasteiger partial charge in [0.25, 0.3) is 0 Å². The first-order valence-electron chi connectivity index (χ1n) is 8.50. The minimum atomic E-state index is -0.468. The average Bonchev–Trinajstić information content (AvgIpc) is 2.64. The Balaban J connectivity index is 1.70. The van der Waals surface area contributed by atoms with Gasteiger partial charge in [0, 0.05) is 19.1 Å². The van der Waals surface area contributed by atoms with Crippen LogP contribution in [0.25, 0.3) is 0 Å². The molecule has 0 aromatic heterocycles. The predicted molar refractivity (Wildman–Crippen MR) is 94.2 cm³/mol. The van der Waals surface area contributed by atoms with Gasteiger partial charge in [-0.2, -0.15) is 0 Å². The van der Waals surface area contributed by atoms with Gasteiger partial charge < -0.3 is 15.8 Å². The highest BCUT2D eigenvalue weighted by Crippen LogP contribution is 2.33. The van der Waals surface area contributed by atoms with Crippen molar-refractivity contribution >= 4 is 5.91 Å². The maximum atomic E-state index is 11.9. The molecule has 3 atom stereocenters. The summed E-state index contributed by atoms with van der Waals surface area (Å²) in [7, 11) is 0. The number of primary amides is 1. The van der Waals surface area contributed by atoms with E-state index < -0.39 is 6.04 Å². The van der Waals surface area contributed by atoms with Crippen molar-refractivity contribution in [2.45, 2.75) is 25.0 Å². The third-order valence-corrected chi connectivity index (χ3v) is 4.57. The Hall–Kier alpha value is -2.17. The molecule has 1 amide bonds. The summed E-state index contributed by atoms with van der Waals surface area (Å²) in [6.07, 6.45) is 2.19. The lowest BCUT2D eigenvalue weighted by molar-refractivity contribution is -0.120. The second-order valence-electron chi connectivity index (χ2n) is 6.26. The van der Waals surface area contributed by atoms with Crippen LogP contribution in [0.3, 0.4) is 0 Å². The number of nitrogens with two attached hydrogens (primary N) is 1. The number of ether oxygens (including phenoxy) is 1. The molecule has 1 fully saturated rings. The number of rotatable bonds is 6. The van der Waals surface area contributed by atoms with Crippen LogP contribution < -0.4 is 11.1 Å². The molecular formula is C20H24N2O2. The highest BCUT2D eigenvalue weighted by molar-refractivity contribution is 5.81. The largest absolute Gasteiger partial charge is 0.373 e. The van der Waals surface area contributed by atoms with E-state index >= 15 is 0 Å². The molecule has 2 aromatic rings. The fraction of sp³-hybridized carbons (Fsp3) is 0.350. The van der Waals surface area contributed by atoms with Gasteiger partial charge in [0.05, 0.1) is 6.10 Å². The third-order valence-electron chi connectivity index (χ3n) is 4.57. The van der Waals surface area contributed by atoms with E-state index in [1.165, 1.54) is 5.56 Å². The molecule has 1 saturated heterocycles. The second kappa shape index (κ2) is 8.08. The monoisotopic (exact) mass is 324 g/mol. The Bertz CT molecular complexity index is 645. The van der Waals surface area contributed by atoms with E-state index in [1.54, 1.807) is 0 Å². The van der Waals surface area contributed by atoms with Gasteiger partial charge in [0.2, 0.25) is 5.91 Å². The van der Waals surface area contributed by atoms with Crippen LogP contribution in [0.15, 0.2) is 60.7 Å². The molecule has 0 radical (unpaired) electrons. The molecule has 24 heavy (non-hydrogen) atoms. The SMILES string of the molecule is NC(=O)[C@H](NC[C@@H]1CCCO[C@H]1c1ccccc1)c1ccccc1. The fourth-order valence-corrected chi connectivity index (χ4v) is 3.36. The van der Waals surface area contributed by atoms with Crippen molar-refractivity contribution in [3.05, 3.63) is 71.8 Å². The van der Waals surface area contributed by atoms with E-state index in [0.29, 0.717) is 12.5 Å². The van der Waals surface area contributed by atoms with Crippen LogP contribution in [0.5, 0.6) is 0 Å². The maximum Gasteiger partial charge on any atom is 0.239 e. The molecule has 4 nitrogen and oxygen atoms in total. The Morgan fingerprint density at radius 2 is 1.79 bits per heavy atom. The van der Waals surface area contributed by atoms with Crippen molar-refractivity contribution in [2.75, 3.05) is 13.2 Å². The quantitative estimate of drug-likeness (QED) is 0.858. The molecule has 0 unspecified atom stereocenters. The smallest absolute Gasteiger partial charge is 0.239 e. The van der Waals surface area contributed by atoms with E-state index in [-0.39, 0.29) is 12.0 Å². The Morgan fingerprint density at radius 3 is 2.46 bits per heavy atom. The maximum absolute atomic E-state index is 11.9. The topological polar surface area (TPSA) is 64.4 Å². The number of carbonyl (C=O) groups excluding carboxylic acids is 1. The Kier molecular flexibility index (Phi) is 5.62. The number of amides is 1. The zero-order valence-electron chi connectivity index (χ0n) is 13.7. The van der Waals surface area contributed by atoms with Gasteiger partial charge >= 0.3 is 0 Å². The molecule has 3 rings (SSSR count). The molecule has 0 aliphatic carbocycles. The van der Waals surface area contributed by atoms with Crippen molar-refractivity contribution in [1.82, 2.24) is 5.32 Å². The molecule has 0 spiro atoms. The van der Waals surface area contributed by atoms with Crippen LogP contribution in [-0.4, -0.2) is 19.1 Å². The van der Waals surface area contributed by atoms with Gasteiger partial charge in [0.15, 0.2) is 0 Å². The standard InChI is InChI=1S/C20H24N2O2/c21-20(23)18(15-8-3-1-4-9-15)22-14-17-12-7-13-24-19(17)16-10-5-2-6-11-16/h1-6,8-11,17-19,22H,7,12-14H2,(H2,21,23)/t17-,18+,19-/m0/s1. The van der Waals surface area contributed by atoms with Crippen molar-refractivity contribution in [3.8, 4) is 0 Å². The molecule has 1 aliphatic rings. The van der Waals surface area contributed by atoms with Gasteiger partial charge in [0.1, 0.15) is 6.04 Å². The van der Waals surface area contributed by atoms with Gasteiger partial charge in [-0.1, -0.05) is 60.7 Å². The van der Waals surface area contributed by atoms with Crippen LogP contribution in [0, 0.1) is 5.92 Å². The van der Waals surface area contributed by atoms with Crippen LogP contribution in [-0.2, 0) is 9.53 Å². The number of hydrogen-bond acceptors (Lipinski definition) is 3. The molecule has 1 aliphatic heterocycles. The first kappa shape index (κ1) is 16.7. The van der Waals surface area contributed by atoms with E-state index in [4.69, 9.17) is 10.5 Å². The molecular weight excluding hydrogens is 300 g/mol. The van der Waals surface area contributed by atoms with Crippen molar-refractivity contribution in [3.63, 3.8) is 0 Å². The highest BCUT2D eigenvalue weighted by Gasteiger charge is 2.28. The van der Waals surface area contributed by atoms with Crippen LogP contribution >= 0.6 is 0 Å². The molecule has 0 saturated carbocycles. The van der Waals surface area contributed by atoms with Crippen LogP contribution in [0.4, 0.5) is 0 Å². The van der Waals surface area contributed by atoms with Gasteiger partial charge in [-0.15, -0.1) is 0 Å². The van der Waals surface area contributed by atoms with Crippen molar-refractivity contribution < 1.29 is 9.53 Å². The molecule has 1 heterocycles. The normalized spacial score (nSPS) is 22.0. The molecule has 4 heteroatoms. The number of hydrogen-bond donors (Lipinski definition) is 2. The lowest BCUT2D eigenvalue weighted by atomic mass is 9.89. The zero-order chi connectivity index (χ0) is 16.8. The molecule has 126 valence electrons. The van der Waals surface area contributed by atoms with Gasteiger partial charge in [-0.3, -0.25) is 4.79 Å². The summed E-state index contributed by atoms with van der Waals surface area (Å²) in [6, 6.07) is 19.4. The zero-order valence-corrected chi connectivity index (χ0v) is 13.7. The lowest BCUT2D eigenvalue weighted by Gasteiger charge is -2.33. The van der Waals surface area contributed by atoms with E-state index in [1.807, 2.05) is 48.5 Å². The highest BCUT2D eigenvalue weighted by atomic mass is 16.5. The summed E-state index contributed by atoms with van der Waals surface area (Å²) in [6.45, 7) is 1.48. The summed E-state index contributed by atoms with van der Waals surface area (Å²) in [5, 5.41) is 3.35. The van der Waals surface area contributed by atoms with Gasteiger partial charge in [-0.25, -0.2) is 0 Å². The summed E-state index contributed by atoms with van der Waals surface area (Å²) < 4.78 is 6.02. The number of nitrogens with one attached hydrogen (secondary N) is 1. The summed E-state index contributed by atoms with van der Waals surface area (Å²) >= 11 is 0. The summed E-state index contributed by atoms with van der Waals surface area (Å²) in [5.74, 6) is -0.0269. The van der Waals surface area contributed by atoms with E-state index in [0.717, 1.165) is 25.0 Å². The Morgan fingerprint density at radius 1 is 1.12 bits per heavy atom. The first-order valence-corrected chi connectivity index (χ1v) is 8.50. The lowest BCUT2D eigenvalue weighted by Crippen LogP contribution is -2.39. The minimum absolute atomic E-state index is 0.0664. The predicted octanol–water partition coefficient (Wildman–Crippen LogP) is 2.97. The van der Waals surface area contributed by atoms with Crippen molar-refractivity contribution in [2.24, 2.45) is 11.7 Å². The van der Waals surface area contributed by atoms with Crippen LogP contribution in [0.1, 0.15) is 36.1 Å². The van der Waals surface area contributed by atoms with Gasteiger partial charge in [-0.05, 0) is 24.0 Å². The Labute approximate surface area is 143 Å². The van der Waals surface area contributed by atoms with Crippen LogP contribution in [0.2, 0.25) is 0 Å². The third kappa shape index (κ3) is 4.02. The molecule has 0 bridgehead atoms. The van der Waals surface area contributed by atoms with E-state index in [9.17, 15) is 4.79 Å². The second-order valence-corrected chi connectivity index (χ2v) is 6.26. The van der Waals surface area contributed by atoms with E-state index in [2.05, 4.69) is 17.4 Å². The first-order chi connectivity index (χ1) is 11.8. The fourth-order valence-electron chi connectivity index (χ4n) is 3.36. The number of carbonyl (C=O) groups is 1. The average molecular weight is 324 g/mol. The number of benzene rings is 2. The molecule has 2 aromatic carbocycles. The van der Waals surface area contributed by atoms with Crippen molar-refractivity contribution in [1.29, 1.82) is 0 Å². The molecule has 3 N–H and O–H groups in total. The minimum Gasteiger partial charge on any atom is -0.373 e. The summed E-state index contributed by atoms with van der Waals surface area (Å²) in [4.78, 5) is 11.9.